The summed E-state index contributed by atoms with van der Waals surface area (Å²) < 4.78 is 66.2. The van der Waals surface area contributed by atoms with Crippen molar-refractivity contribution in [3.8, 4) is 33.9 Å². The van der Waals surface area contributed by atoms with Crippen LogP contribution in [0.2, 0.25) is 0 Å². The number of anilines is 1. The Hall–Kier alpha value is -5.10. The molecule has 6 aromatic rings. The Labute approximate surface area is 244 Å². The molecular weight excluding hydrogens is 578 g/mol. The van der Waals surface area contributed by atoms with Gasteiger partial charge in [0.05, 0.1) is 24.1 Å². The van der Waals surface area contributed by atoms with E-state index in [0.717, 1.165) is 10.6 Å². The number of alkyl halides is 1. The average molecular weight is 603 g/mol. The third-order valence-electron chi connectivity index (χ3n) is 6.91. The fourth-order valence-corrected chi connectivity index (χ4v) is 5.89. The highest BCUT2D eigenvalue weighted by atomic mass is 32.2. The maximum atomic E-state index is 13.7. The Kier molecular flexibility index (Phi) is 7.14. The molecule has 3 aromatic carbocycles. The third kappa shape index (κ3) is 5.21. The monoisotopic (exact) mass is 602 g/mol. The van der Waals surface area contributed by atoms with E-state index in [2.05, 4.69) is 15.3 Å². The highest BCUT2D eigenvalue weighted by molar-refractivity contribution is 7.92. The van der Waals surface area contributed by atoms with Gasteiger partial charge in [-0.25, -0.2) is 22.2 Å². The van der Waals surface area contributed by atoms with Crippen molar-refractivity contribution in [2.75, 3.05) is 30.8 Å². The van der Waals surface area contributed by atoms with E-state index in [1.165, 1.54) is 37.4 Å². The second-order valence-corrected chi connectivity index (χ2v) is 11.6. The lowest BCUT2D eigenvalue weighted by Gasteiger charge is -2.24. The van der Waals surface area contributed by atoms with Crippen LogP contribution >= 0.6 is 0 Å². The van der Waals surface area contributed by atoms with E-state index in [0.29, 0.717) is 44.8 Å². The molecule has 3 heterocycles. The smallest absolute Gasteiger partial charge is 0.255 e. The molecule has 6 rings (SSSR count). The Morgan fingerprint density at radius 3 is 2.42 bits per heavy atom. The maximum absolute atomic E-state index is 13.7. The van der Waals surface area contributed by atoms with Crippen LogP contribution in [0.15, 0.2) is 87.8 Å². The van der Waals surface area contributed by atoms with Gasteiger partial charge in [0.25, 0.3) is 5.91 Å². The quantitative estimate of drug-likeness (QED) is 0.220. The molecule has 0 saturated carbocycles. The number of fused-ring (bicyclic) bond motifs is 2. The predicted octanol–water partition coefficient (Wildman–Crippen LogP) is 6.20. The molecule has 1 amide bonds. The summed E-state index contributed by atoms with van der Waals surface area (Å²) in [6.45, 7) is -1.38. The minimum Gasteiger partial charge on any atom is -0.455 e. The molecule has 0 unspecified atom stereocenters. The van der Waals surface area contributed by atoms with Crippen molar-refractivity contribution in [1.29, 1.82) is 0 Å². The molecule has 0 atom stereocenters. The van der Waals surface area contributed by atoms with Gasteiger partial charge in [0.1, 0.15) is 23.8 Å². The van der Waals surface area contributed by atoms with Crippen LogP contribution in [0.1, 0.15) is 10.4 Å². The fourth-order valence-electron chi connectivity index (χ4n) is 4.98. The van der Waals surface area contributed by atoms with Gasteiger partial charge < -0.3 is 14.2 Å². The van der Waals surface area contributed by atoms with E-state index < -0.39 is 35.0 Å². The zero-order chi connectivity index (χ0) is 30.3. The molecule has 0 bridgehead atoms. The van der Waals surface area contributed by atoms with E-state index in [9.17, 15) is 22.0 Å². The number of nitrogens with one attached hydrogen (secondary N) is 1. The summed E-state index contributed by atoms with van der Waals surface area (Å²) in [6.07, 6.45) is 2.59. The molecule has 1 N–H and O–H groups in total. The number of sulfonamides is 1. The summed E-state index contributed by atoms with van der Waals surface area (Å²) in [4.78, 5) is 21.8. The average Bonchev–Trinajstić information content (AvgIpc) is 3.60. The van der Waals surface area contributed by atoms with Crippen LogP contribution in [0.3, 0.4) is 0 Å². The van der Waals surface area contributed by atoms with Gasteiger partial charge >= 0.3 is 0 Å². The van der Waals surface area contributed by atoms with Crippen LogP contribution in [-0.4, -0.2) is 50.8 Å². The van der Waals surface area contributed by atoms with Gasteiger partial charge in [-0.1, -0.05) is 12.1 Å². The van der Waals surface area contributed by atoms with E-state index in [1.807, 2.05) is 0 Å². The second kappa shape index (κ2) is 11.0. The Bertz CT molecular complexity index is 2070. The van der Waals surface area contributed by atoms with Crippen LogP contribution in [0.5, 0.6) is 0 Å². The summed E-state index contributed by atoms with van der Waals surface area (Å²) >= 11 is 0. The van der Waals surface area contributed by atoms with Gasteiger partial charge in [-0.05, 0) is 60.2 Å². The number of oxazole rings is 1. The minimum absolute atomic E-state index is 0.145. The number of halogens is 2. The minimum atomic E-state index is -3.95. The number of benzene rings is 3. The van der Waals surface area contributed by atoms with Crippen LogP contribution in [0, 0.1) is 5.82 Å². The standard InChI is InChI=1S/C31H24F2N4O5S/c1-34-30(38)27-23-16-22(19-5-3-6-20(15-19)31-36-29-25(42-31)7-4-13-35-29)24(37(14-12-32)43(2,39)40)17-26(23)41-28(27)18-8-10-21(33)11-9-18/h3-11,13,15-17H,12,14H2,1-2H3,(H,34,38). The fraction of sp³-hybridized carbons (Fsp3) is 0.129. The molecule has 9 nitrogen and oxygen atoms in total. The first-order valence-electron chi connectivity index (χ1n) is 13.1. The van der Waals surface area contributed by atoms with E-state index in [-0.39, 0.29) is 22.6 Å². The number of furan rings is 1. The van der Waals surface area contributed by atoms with Gasteiger partial charge in [0.15, 0.2) is 11.2 Å². The van der Waals surface area contributed by atoms with Crippen molar-refractivity contribution in [2.24, 2.45) is 0 Å². The molecule has 0 aliphatic carbocycles. The van der Waals surface area contributed by atoms with Crippen molar-refractivity contribution in [3.05, 3.63) is 90.4 Å². The number of amides is 1. The zero-order valence-electron chi connectivity index (χ0n) is 23.0. The van der Waals surface area contributed by atoms with Crippen LogP contribution in [0.4, 0.5) is 14.5 Å². The van der Waals surface area contributed by atoms with Gasteiger partial charge in [0.2, 0.25) is 15.9 Å². The lowest BCUT2D eigenvalue weighted by atomic mass is 9.97. The number of pyridine rings is 1. The summed E-state index contributed by atoms with van der Waals surface area (Å²) in [5.74, 6) is -0.458. The number of carbonyl (C=O) groups excluding carboxylic acids is 1. The van der Waals surface area contributed by atoms with E-state index in [1.54, 1.807) is 48.7 Å². The summed E-state index contributed by atoms with van der Waals surface area (Å²) in [6, 6.07) is 19.1. The Morgan fingerprint density at radius 1 is 0.953 bits per heavy atom. The van der Waals surface area contributed by atoms with Crippen molar-refractivity contribution < 1.29 is 30.8 Å². The van der Waals surface area contributed by atoms with Crippen molar-refractivity contribution in [1.82, 2.24) is 15.3 Å². The van der Waals surface area contributed by atoms with Crippen molar-refractivity contribution in [3.63, 3.8) is 0 Å². The number of hydrogen-bond acceptors (Lipinski definition) is 7. The number of rotatable bonds is 8. The molecule has 0 radical (unpaired) electrons. The van der Waals surface area contributed by atoms with Crippen molar-refractivity contribution in [2.45, 2.75) is 0 Å². The molecule has 0 aliphatic heterocycles. The lowest BCUT2D eigenvalue weighted by molar-refractivity contribution is 0.0964. The summed E-state index contributed by atoms with van der Waals surface area (Å²) in [5.41, 5.74) is 3.39. The van der Waals surface area contributed by atoms with Gasteiger partial charge in [-0.3, -0.25) is 9.10 Å². The summed E-state index contributed by atoms with van der Waals surface area (Å²) in [5, 5.41) is 2.99. The largest absolute Gasteiger partial charge is 0.455 e. The zero-order valence-corrected chi connectivity index (χ0v) is 23.8. The normalized spacial score (nSPS) is 11.7. The van der Waals surface area contributed by atoms with E-state index in [4.69, 9.17) is 8.83 Å². The highest BCUT2D eigenvalue weighted by Crippen LogP contribution is 2.42. The molecule has 12 heteroatoms. The molecular formula is C31H24F2N4O5S. The van der Waals surface area contributed by atoms with Crippen LogP contribution in [0.25, 0.3) is 56.1 Å². The van der Waals surface area contributed by atoms with Crippen LogP contribution < -0.4 is 9.62 Å². The number of nitrogens with zero attached hydrogens (tertiary/aromatic N) is 3. The van der Waals surface area contributed by atoms with E-state index >= 15 is 0 Å². The molecule has 0 saturated heterocycles. The molecule has 3 aromatic heterocycles. The Balaban J connectivity index is 1.63. The van der Waals surface area contributed by atoms with Gasteiger partial charge in [-0.2, -0.15) is 4.98 Å². The van der Waals surface area contributed by atoms with Crippen molar-refractivity contribution >= 4 is 43.8 Å². The third-order valence-corrected chi connectivity index (χ3v) is 8.09. The van der Waals surface area contributed by atoms with Gasteiger partial charge in [-0.15, -0.1) is 0 Å². The summed E-state index contributed by atoms with van der Waals surface area (Å²) in [7, 11) is -2.48. The maximum Gasteiger partial charge on any atom is 0.255 e. The SMILES string of the molecule is CNC(=O)c1c(-c2ccc(F)cc2)oc2cc(N(CCF)S(C)(=O)=O)c(-c3cccc(-c4nc5ncccc5o4)c3)cc12. The highest BCUT2D eigenvalue weighted by Gasteiger charge is 2.27. The van der Waals surface area contributed by atoms with Crippen LogP contribution in [-0.2, 0) is 10.0 Å². The number of carbonyl (C=O) groups is 1. The molecule has 0 aliphatic rings. The predicted molar refractivity (Wildman–Crippen MR) is 159 cm³/mol. The topological polar surface area (TPSA) is 119 Å². The first-order chi connectivity index (χ1) is 20.7. The molecule has 218 valence electrons. The first kappa shape index (κ1) is 28.0. The Morgan fingerprint density at radius 2 is 1.72 bits per heavy atom. The molecule has 43 heavy (non-hydrogen) atoms. The number of aromatic nitrogens is 2. The first-order valence-corrected chi connectivity index (χ1v) is 15.0. The second-order valence-electron chi connectivity index (χ2n) is 9.71. The molecule has 0 fully saturated rings. The van der Waals surface area contributed by atoms with Gasteiger partial charge in [0, 0.05) is 41.4 Å². The number of hydrogen-bond donors (Lipinski definition) is 1. The lowest BCUT2D eigenvalue weighted by Crippen LogP contribution is -2.32. The molecule has 0 spiro atoms.